The summed E-state index contributed by atoms with van der Waals surface area (Å²) in [5.41, 5.74) is 3.59. The van der Waals surface area contributed by atoms with E-state index >= 15 is 0 Å². The second kappa shape index (κ2) is 9.55. The number of aryl methyl sites for hydroxylation is 1. The average molecular weight is 388 g/mol. The molecule has 2 N–H and O–H groups in total. The van der Waals surface area contributed by atoms with Crippen molar-refractivity contribution in [1.82, 2.24) is 5.32 Å². The summed E-state index contributed by atoms with van der Waals surface area (Å²) in [5.74, 6) is 0.0811. The third kappa shape index (κ3) is 5.45. The van der Waals surface area contributed by atoms with E-state index in [9.17, 15) is 9.59 Å². The minimum Gasteiger partial charge on any atom is -0.489 e. The van der Waals surface area contributed by atoms with E-state index < -0.39 is 0 Å². The Labute approximate surface area is 170 Å². The standard InChI is InChI=1S/C24H24N2O3/c1-3-25-24(28)21-12-4-5-13-22(21)26-23(27)19-10-7-11-20(15-19)29-16-18-9-6-8-17(2)14-18/h4-15H,3,16H2,1-2H3,(H,25,28)(H,26,27). The smallest absolute Gasteiger partial charge is 0.255 e. The Morgan fingerprint density at radius 2 is 1.69 bits per heavy atom. The molecule has 0 radical (unpaired) electrons. The van der Waals surface area contributed by atoms with Crippen LogP contribution in [0.15, 0.2) is 72.8 Å². The second-order valence-electron chi connectivity index (χ2n) is 6.66. The zero-order valence-electron chi connectivity index (χ0n) is 16.6. The van der Waals surface area contributed by atoms with Gasteiger partial charge in [-0.15, -0.1) is 0 Å². The number of rotatable bonds is 7. The first kappa shape index (κ1) is 20.1. The lowest BCUT2D eigenvalue weighted by atomic mass is 10.1. The van der Waals surface area contributed by atoms with Crippen LogP contribution in [0.4, 0.5) is 5.69 Å². The number of carbonyl (C=O) groups is 2. The Morgan fingerprint density at radius 3 is 2.48 bits per heavy atom. The Hall–Kier alpha value is -3.60. The van der Waals surface area contributed by atoms with Crippen LogP contribution in [0, 0.1) is 6.92 Å². The molecule has 3 aromatic carbocycles. The van der Waals surface area contributed by atoms with Gasteiger partial charge >= 0.3 is 0 Å². The van der Waals surface area contributed by atoms with E-state index in [1.807, 2.05) is 38.1 Å². The van der Waals surface area contributed by atoms with Crippen LogP contribution < -0.4 is 15.4 Å². The van der Waals surface area contributed by atoms with Crippen molar-refractivity contribution in [3.8, 4) is 5.75 Å². The SMILES string of the molecule is CCNC(=O)c1ccccc1NC(=O)c1cccc(OCc2cccc(C)c2)c1. The molecule has 0 saturated carbocycles. The Bertz CT molecular complexity index is 1010. The number of anilines is 1. The number of hydrogen-bond donors (Lipinski definition) is 2. The molecule has 0 aliphatic carbocycles. The topological polar surface area (TPSA) is 67.4 Å². The summed E-state index contributed by atoms with van der Waals surface area (Å²) in [6, 6.07) is 22.0. The lowest BCUT2D eigenvalue weighted by Crippen LogP contribution is -2.24. The number of hydrogen-bond acceptors (Lipinski definition) is 3. The fourth-order valence-corrected chi connectivity index (χ4v) is 2.94. The first-order chi connectivity index (χ1) is 14.1. The molecule has 0 unspecified atom stereocenters. The van der Waals surface area contributed by atoms with Crippen LogP contribution in [-0.2, 0) is 6.61 Å². The highest BCUT2D eigenvalue weighted by molar-refractivity contribution is 6.09. The molecule has 0 bridgehead atoms. The minimum atomic E-state index is -0.303. The highest BCUT2D eigenvalue weighted by Crippen LogP contribution is 2.19. The van der Waals surface area contributed by atoms with E-state index in [0.717, 1.165) is 5.56 Å². The van der Waals surface area contributed by atoms with Crippen LogP contribution in [-0.4, -0.2) is 18.4 Å². The van der Waals surface area contributed by atoms with Gasteiger partial charge in [-0.25, -0.2) is 0 Å². The summed E-state index contributed by atoms with van der Waals surface area (Å²) in [4.78, 5) is 24.9. The number of carbonyl (C=O) groups excluding carboxylic acids is 2. The summed E-state index contributed by atoms with van der Waals surface area (Å²) in [7, 11) is 0. The molecule has 5 heteroatoms. The predicted octanol–water partition coefficient (Wildman–Crippen LogP) is 4.58. The number of amides is 2. The van der Waals surface area contributed by atoms with E-state index in [2.05, 4.69) is 16.7 Å². The molecule has 0 fully saturated rings. The molecular weight excluding hydrogens is 364 g/mol. The lowest BCUT2D eigenvalue weighted by Gasteiger charge is -2.12. The fraction of sp³-hybridized carbons (Fsp3) is 0.167. The summed E-state index contributed by atoms with van der Waals surface area (Å²) >= 11 is 0. The van der Waals surface area contributed by atoms with Gasteiger partial charge in [0.05, 0.1) is 11.3 Å². The van der Waals surface area contributed by atoms with Crippen LogP contribution in [0.1, 0.15) is 38.8 Å². The van der Waals surface area contributed by atoms with Gasteiger partial charge in [0.25, 0.3) is 11.8 Å². The second-order valence-corrected chi connectivity index (χ2v) is 6.66. The van der Waals surface area contributed by atoms with E-state index in [1.165, 1.54) is 5.56 Å². The highest BCUT2D eigenvalue weighted by atomic mass is 16.5. The van der Waals surface area contributed by atoms with Crippen LogP contribution in [0.25, 0.3) is 0 Å². The highest BCUT2D eigenvalue weighted by Gasteiger charge is 2.14. The maximum Gasteiger partial charge on any atom is 0.255 e. The van der Waals surface area contributed by atoms with Gasteiger partial charge in [0, 0.05) is 12.1 Å². The Morgan fingerprint density at radius 1 is 0.897 bits per heavy atom. The van der Waals surface area contributed by atoms with Crippen molar-refractivity contribution < 1.29 is 14.3 Å². The minimum absolute atomic E-state index is 0.223. The molecule has 0 spiro atoms. The first-order valence-corrected chi connectivity index (χ1v) is 9.54. The van der Waals surface area contributed by atoms with Crippen molar-refractivity contribution in [3.05, 3.63) is 95.1 Å². The molecule has 0 heterocycles. The first-order valence-electron chi connectivity index (χ1n) is 9.54. The average Bonchev–Trinajstić information content (AvgIpc) is 2.73. The van der Waals surface area contributed by atoms with E-state index in [0.29, 0.717) is 35.7 Å². The van der Waals surface area contributed by atoms with Crippen LogP contribution in [0.3, 0.4) is 0 Å². The van der Waals surface area contributed by atoms with Gasteiger partial charge in [0.15, 0.2) is 0 Å². The maximum atomic E-state index is 12.7. The molecular formula is C24H24N2O3. The molecule has 3 rings (SSSR count). The summed E-state index contributed by atoms with van der Waals surface area (Å²) in [6.45, 7) is 4.82. The molecule has 0 aromatic heterocycles. The van der Waals surface area contributed by atoms with Gasteiger partial charge in [0.2, 0.25) is 0 Å². The summed E-state index contributed by atoms with van der Waals surface area (Å²) in [6.07, 6.45) is 0. The van der Waals surface area contributed by atoms with Crippen molar-refractivity contribution in [2.75, 3.05) is 11.9 Å². The van der Waals surface area contributed by atoms with Crippen LogP contribution >= 0.6 is 0 Å². The number of ether oxygens (including phenoxy) is 1. The van der Waals surface area contributed by atoms with Gasteiger partial charge in [-0.3, -0.25) is 9.59 Å². The van der Waals surface area contributed by atoms with Gasteiger partial charge in [-0.2, -0.15) is 0 Å². The van der Waals surface area contributed by atoms with Crippen LogP contribution in [0.5, 0.6) is 5.75 Å². The van der Waals surface area contributed by atoms with Crippen LogP contribution in [0.2, 0.25) is 0 Å². The summed E-state index contributed by atoms with van der Waals surface area (Å²) in [5, 5.41) is 5.57. The Kier molecular flexibility index (Phi) is 6.63. The van der Waals surface area contributed by atoms with Gasteiger partial charge in [-0.1, -0.05) is 48.0 Å². The summed E-state index contributed by atoms with van der Waals surface area (Å²) < 4.78 is 5.84. The van der Waals surface area contributed by atoms with Gasteiger partial charge in [-0.05, 0) is 49.7 Å². The number of benzene rings is 3. The fourth-order valence-electron chi connectivity index (χ4n) is 2.94. The van der Waals surface area contributed by atoms with Crippen molar-refractivity contribution >= 4 is 17.5 Å². The molecule has 3 aromatic rings. The molecule has 2 amide bonds. The largest absolute Gasteiger partial charge is 0.489 e. The maximum absolute atomic E-state index is 12.7. The lowest BCUT2D eigenvalue weighted by molar-refractivity contribution is 0.0956. The third-order valence-electron chi connectivity index (χ3n) is 4.34. The third-order valence-corrected chi connectivity index (χ3v) is 4.34. The quantitative estimate of drug-likeness (QED) is 0.623. The van der Waals surface area contributed by atoms with Crippen molar-refractivity contribution in [2.45, 2.75) is 20.5 Å². The van der Waals surface area contributed by atoms with Gasteiger partial charge < -0.3 is 15.4 Å². The molecule has 5 nitrogen and oxygen atoms in total. The molecule has 0 aliphatic heterocycles. The van der Waals surface area contributed by atoms with E-state index in [4.69, 9.17) is 4.74 Å². The monoisotopic (exact) mass is 388 g/mol. The Balaban J connectivity index is 1.71. The van der Waals surface area contributed by atoms with E-state index in [1.54, 1.807) is 42.5 Å². The molecule has 29 heavy (non-hydrogen) atoms. The van der Waals surface area contributed by atoms with Crippen molar-refractivity contribution in [3.63, 3.8) is 0 Å². The normalized spacial score (nSPS) is 10.3. The molecule has 148 valence electrons. The molecule has 0 saturated heterocycles. The number of para-hydroxylation sites is 1. The van der Waals surface area contributed by atoms with E-state index in [-0.39, 0.29) is 11.8 Å². The van der Waals surface area contributed by atoms with Crippen molar-refractivity contribution in [1.29, 1.82) is 0 Å². The predicted molar refractivity (Wildman–Crippen MR) is 114 cm³/mol. The number of nitrogens with one attached hydrogen (secondary N) is 2. The zero-order chi connectivity index (χ0) is 20.6. The molecule has 0 aliphatic rings. The van der Waals surface area contributed by atoms with Gasteiger partial charge in [0.1, 0.15) is 12.4 Å². The zero-order valence-corrected chi connectivity index (χ0v) is 16.6. The van der Waals surface area contributed by atoms with Crippen molar-refractivity contribution in [2.24, 2.45) is 0 Å². The molecule has 0 atom stereocenters.